The fourth-order valence-electron chi connectivity index (χ4n) is 2.00. The quantitative estimate of drug-likeness (QED) is 0.517. The molecule has 0 spiro atoms. The standard InChI is InChI=1S/C15H9BrCl2N2/c1-8-3-2-4-11(13(8)17)15-19-12-7-9(16)5-6-10(12)14(18)20-15/h2-7H,1H3. The first kappa shape index (κ1) is 13.8. The van der Waals surface area contributed by atoms with E-state index in [1.165, 1.54) is 0 Å². The summed E-state index contributed by atoms with van der Waals surface area (Å²) < 4.78 is 0.945. The van der Waals surface area contributed by atoms with Gasteiger partial charge in [-0.3, -0.25) is 0 Å². The lowest BCUT2D eigenvalue weighted by Gasteiger charge is -2.08. The molecule has 1 aromatic heterocycles. The van der Waals surface area contributed by atoms with Gasteiger partial charge < -0.3 is 0 Å². The van der Waals surface area contributed by atoms with Crippen molar-refractivity contribution in [2.75, 3.05) is 0 Å². The molecule has 3 rings (SSSR count). The number of rotatable bonds is 1. The maximum atomic E-state index is 6.33. The first-order valence-corrected chi connectivity index (χ1v) is 7.49. The van der Waals surface area contributed by atoms with Crippen LogP contribution in [0.5, 0.6) is 0 Å². The minimum absolute atomic E-state index is 0.426. The predicted octanol–water partition coefficient (Wildman–Crippen LogP) is 5.67. The van der Waals surface area contributed by atoms with Crippen LogP contribution >= 0.6 is 39.1 Å². The summed E-state index contributed by atoms with van der Waals surface area (Å²) in [6.45, 7) is 1.95. The van der Waals surface area contributed by atoms with Gasteiger partial charge in [0.25, 0.3) is 0 Å². The van der Waals surface area contributed by atoms with Crippen molar-refractivity contribution in [3.63, 3.8) is 0 Å². The lowest BCUT2D eigenvalue weighted by atomic mass is 10.1. The van der Waals surface area contributed by atoms with Crippen LogP contribution in [0.1, 0.15) is 5.56 Å². The lowest BCUT2D eigenvalue weighted by molar-refractivity contribution is 1.22. The van der Waals surface area contributed by atoms with Gasteiger partial charge in [-0.2, -0.15) is 0 Å². The zero-order chi connectivity index (χ0) is 14.3. The van der Waals surface area contributed by atoms with E-state index in [1.54, 1.807) is 0 Å². The molecule has 0 saturated carbocycles. The first-order valence-electron chi connectivity index (χ1n) is 5.94. The Balaban J connectivity index is 2.29. The van der Waals surface area contributed by atoms with Gasteiger partial charge >= 0.3 is 0 Å². The van der Waals surface area contributed by atoms with E-state index in [9.17, 15) is 0 Å². The van der Waals surface area contributed by atoms with E-state index in [0.29, 0.717) is 16.0 Å². The minimum Gasteiger partial charge on any atom is -0.228 e. The number of halogens is 3. The molecular weight excluding hydrogens is 359 g/mol. The van der Waals surface area contributed by atoms with E-state index in [0.717, 1.165) is 26.5 Å². The summed E-state index contributed by atoms with van der Waals surface area (Å²) in [5.41, 5.74) is 2.56. The predicted molar refractivity (Wildman–Crippen MR) is 87.4 cm³/mol. The topological polar surface area (TPSA) is 25.8 Å². The normalized spacial score (nSPS) is 11.0. The highest BCUT2D eigenvalue weighted by molar-refractivity contribution is 9.10. The summed E-state index contributed by atoms with van der Waals surface area (Å²) in [4.78, 5) is 8.92. The van der Waals surface area contributed by atoms with Crippen molar-refractivity contribution in [3.8, 4) is 11.4 Å². The van der Waals surface area contributed by atoms with E-state index < -0.39 is 0 Å². The van der Waals surface area contributed by atoms with Gasteiger partial charge in [-0.05, 0) is 36.8 Å². The van der Waals surface area contributed by atoms with Crippen LogP contribution < -0.4 is 0 Å². The fourth-order valence-corrected chi connectivity index (χ4v) is 2.80. The zero-order valence-electron chi connectivity index (χ0n) is 10.5. The van der Waals surface area contributed by atoms with E-state index in [2.05, 4.69) is 25.9 Å². The van der Waals surface area contributed by atoms with Crippen molar-refractivity contribution in [2.45, 2.75) is 6.92 Å². The maximum Gasteiger partial charge on any atom is 0.163 e. The Morgan fingerprint density at radius 2 is 1.85 bits per heavy atom. The Morgan fingerprint density at radius 3 is 2.65 bits per heavy atom. The molecule has 0 aliphatic heterocycles. The summed E-state index contributed by atoms with van der Waals surface area (Å²) in [7, 11) is 0. The highest BCUT2D eigenvalue weighted by Crippen LogP contribution is 2.31. The molecule has 0 amide bonds. The molecule has 20 heavy (non-hydrogen) atoms. The van der Waals surface area contributed by atoms with Crippen molar-refractivity contribution < 1.29 is 0 Å². The molecule has 0 aliphatic rings. The zero-order valence-corrected chi connectivity index (χ0v) is 13.6. The Labute approximate surface area is 134 Å². The van der Waals surface area contributed by atoms with Crippen LogP contribution in [0.15, 0.2) is 40.9 Å². The number of nitrogens with zero attached hydrogens (tertiary/aromatic N) is 2. The molecule has 100 valence electrons. The van der Waals surface area contributed by atoms with E-state index in [-0.39, 0.29) is 0 Å². The average molecular weight is 368 g/mol. The molecule has 0 aliphatic carbocycles. The number of aryl methyl sites for hydroxylation is 1. The van der Waals surface area contributed by atoms with Gasteiger partial charge in [0.1, 0.15) is 5.15 Å². The van der Waals surface area contributed by atoms with Gasteiger partial charge in [0.15, 0.2) is 5.82 Å². The van der Waals surface area contributed by atoms with Gasteiger partial charge in [0, 0.05) is 15.4 Å². The minimum atomic E-state index is 0.426. The third-order valence-corrected chi connectivity index (χ3v) is 4.33. The maximum absolute atomic E-state index is 6.33. The average Bonchev–Trinajstić information content (AvgIpc) is 2.41. The molecule has 0 unspecified atom stereocenters. The van der Waals surface area contributed by atoms with Gasteiger partial charge in [-0.1, -0.05) is 51.3 Å². The smallest absolute Gasteiger partial charge is 0.163 e. The molecule has 0 N–H and O–H groups in total. The van der Waals surface area contributed by atoms with Crippen LogP contribution in [0.25, 0.3) is 22.3 Å². The largest absolute Gasteiger partial charge is 0.228 e. The Morgan fingerprint density at radius 1 is 1.05 bits per heavy atom. The van der Waals surface area contributed by atoms with Crippen molar-refractivity contribution in [2.24, 2.45) is 0 Å². The van der Waals surface area contributed by atoms with Crippen LogP contribution in [-0.4, -0.2) is 9.97 Å². The van der Waals surface area contributed by atoms with Crippen LogP contribution in [0.2, 0.25) is 10.2 Å². The molecule has 1 heterocycles. The van der Waals surface area contributed by atoms with E-state index in [1.807, 2.05) is 43.3 Å². The highest BCUT2D eigenvalue weighted by atomic mass is 79.9. The first-order chi connectivity index (χ1) is 9.56. The molecule has 5 heteroatoms. The monoisotopic (exact) mass is 366 g/mol. The van der Waals surface area contributed by atoms with Crippen molar-refractivity contribution >= 4 is 50.0 Å². The molecule has 0 bridgehead atoms. The van der Waals surface area contributed by atoms with Crippen molar-refractivity contribution in [1.29, 1.82) is 0 Å². The van der Waals surface area contributed by atoms with Gasteiger partial charge in [0.2, 0.25) is 0 Å². The number of hydrogen-bond donors (Lipinski definition) is 0. The van der Waals surface area contributed by atoms with Gasteiger partial charge in [0.05, 0.1) is 10.5 Å². The Hall–Kier alpha value is -1.16. The highest BCUT2D eigenvalue weighted by Gasteiger charge is 2.12. The molecular formula is C15H9BrCl2N2. The molecule has 3 aromatic rings. The second-order valence-electron chi connectivity index (χ2n) is 4.44. The van der Waals surface area contributed by atoms with Crippen molar-refractivity contribution in [1.82, 2.24) is 9.97 Å². The second-order valence-corrected chi connectivity index (χ2v) is 6.09. The molecule has 0 saturated heterocycles. The van der Waals surface area contributed by atoms with Crippen molar-refractivity contribution in [3.05, 3.63) is 56.6 Å². The third kappa shape index (κ3) is 2.41. The molecule has 2 nitrogen and oxygen atoms in total. The number of hydrogen-bond acceptors (Lipinski definition) is 2. The molecule has 0 fully saturated rings. The van der Waals surface area contributed by atoms with E-state index >= 15 is 0 Å². The van der Waals surface area contributed by atoms with Gasteiger partial charge in [-0.15, -0.1) is 0 Å². The summed E-state index contributed by atoms with van der Waals surface area (Å²) in [6.07, 6.45) is 0. The molecule has 0 radical (unpaired) electrons. The molecule has 0 atom stereocenters. The third-order valence-electron chi connectivity index (χ3n) is 3.05. The number of aromatic nitrogens is 2. The van der Waals surface area contributed by atoms with Gasteiger partial charge in [-0.25, -0.2) is 9.97 Å². The Kier molecular flexibility index (Phi) is 3.67. The second kappa shape index (κ2) is 5.32. The van der Waals surface area contributed by atoms with Crippen LogP contribution in [0.4, 0.5) is 0 Å². The fraction of sp³-hybridized carbons (Fsp3) is 0.0667. The summed E-state index contributed by atoms with van der Waals surface area (Å²) in [5.74, 6) is 0.536. The Bertz CT molecular complexity index is 818. The summed E-state index contributed by atoms with van der Waals surface area (Å²) in [5, 5.41) is 1.90. The van der Waals surface area contributed by atoms with E-state index in [4.69, 9.17) is 23.2 Å². The number of benzene rings is 2. The van der Waals surface area contributed by atoms with Crippen LogP contribution in [0.3, 0.4) is 0 Å². The summed E-state index contributed by atoms with van der Waals surface area (Å²) in [6, 6.07) is 11.5. The molecule has 2 aromatic carbocycles. The SMILES string of the molecule is Cc1cccc(-c2nc(Cl)c3ccc(Br)cc3n2)c1Cl. The lowest BCUT2D eigenvalue weighted by Crippen LogP contribution is -1.93. The summed E-state index contributed by atoms with van der Waals surface area (Å²) >= 11 is 16.0. The number of fused-ring (bicyclic) bond motifs is 1. The van der Waals surface area contributed by atoms with Crippen LogP contribution in [-0.2, 0) is 0 Å². The van der Waals surface area contributed by atoms with Crippen LogP contribution in [0, 0.1) is 6.92 Å².